The van der Waals surface area contributed by atoms with E-state index in [2.05, 4.69) is 32.2 Å². The van der Waals surface area contributed by atoms with Gasteiger partial charge in [0.25, 0.3) is 0 Å². The van der Waals surface area contributed by atoms with Gasteiger partial charge >= 0.3 is 0 Å². The molecular formula is C29H41NO2. The molecule has 3 nitrogen and oxygen atoms in total. The van der Waals surface area contributed by atoms with Gasteiger partial charge in [0.15, 0.2) is 0 Å². The highest BCUT2D eigenvalue weighted by atomic mass is 16.3. The smallest absolute Gasteiger partial charge is 0.226 e. The number of aromatic hydroxyl groups is 1. The number of benzene rings is 1. The molecule has 1 amide bonds. The van der Waals surface area contributed by atoms with Crippen molar-refractivity contribution >= 4 is 5.91 Å². The Kier molecular flexibility index (Phi) is 4.60. The lowest BCUT2D eigenvalue weighted by Gasteiger charge is -2.59. The molecule has 1 aromatic carbocycles. The van der Waals surface area contributed by atoms with Gasteiger partial charge in [0, 0.05) is 6.04 Å². The topological polar surface area (TPSA) is 49.3 Å². The largest absolute Gasteiger partial charge is 0.508 e. The summed E-state index contributed by atoms with van der Waals surface area (Å²) in [6.07, 6.45) is 13.6. The third-order valence-corrected chi connectivity index (χ3v) is 11.2. The second-order valence-corrected chi connectivity index (χ2v) is 13.1. The number of fused-ring (bicyclic) bond motifs is 3. The number of carbonyl (C=O) groups is 1. The Morgan fingerprint density at radius 1 is 1.06 bits per heavy atom. The van der Waals surface area contributed by atoms with Crippen molar-refractivity contribution in [1.29, 1.82) is 0 Å². The molecule has 5 saturated carbocycles. The van der Waals surface area contributed by atoms with Crippen molar-refractivity contribution in [2.75, 3.05) is 0 Å². The number of carbonyl (C=O) groups excluding carboxylic acids is 1. The first-order valence-corrected chi connectivity index (χ1v) is 13.4. The summed E-state index contributed by atoms with van der Waals surface area (Å²) in [6.45, 7) is 6.94. The molecule has 32 heavy (non-hydrogen) atoms. The predicted molar refractivity (Wildman–Crippen MR) is 127 cm³/mol. The summed E-state index contributed by atoms with van der Waals surface area (Å²) in [4.78, 5) is 14.0. The standard InChI is InChI=1S/C29H41NO2/c1-18(29-15-19-11-20(16-29)13-21(12-19)17-29)30-26(32)28(3)10-4-9-27(2)24-14-23(31)7-5-22(24)6-8-25(27)28/h5,7,14,18-21,25,31H,4,6,8-13,15-17H2,1-3H3,(H,30,32)/t18?,19?,20?,21?,25-,27-,28-,29?/m1/s1. The van der Waals surface area contributed by atoms with Crippen molar-refractivity contribution < 1.29 is 9.90 Å². The Labute approximate surface area is 193 Å². The fraction of sp³-hybridized carbons (Fsp3) is 0.759. The molecule has 6 aliphatic carbocycles. The maximum atomic E-state index is 14.0. The zero-order valence-electron chi connectivity index (χ0n) is 20.3. The van der Waals surface area contributed by atoms with Crippen LogP contribution in [-0.4, -0.2) is 17.1 Å². The Morgan fingerprint density at radius 3 is 2.38 bits per heavy atom. The zero-order valence-corrected chi connectivity index (χ0v) is 20.3. The van der Waals surface area contributed by atoms with Gasteiger partial charge in [0.2, 0.25) is 5.91 Å². The van der Waals surface area contributed by atoms with E-state index in [1.165, 1.54) is 49.7 Å². The molecule has 0 aliphatic heterocycles. The van der Waals surface area contributed by atoms with E-state index in [1.54, 1.807) is 0 Å². The lowest BCUT2D eigenvalue weighted by atomic mass is 9.47. The molecule has 7 rings (SSSR count). The molecule has 1 aromatic rings. The third kappa shape index (κ3) is 2.95. The van der Waals surface area contributed by atoms with Gasteiger partial charge in [-0.05, 0) is 129 Å². The van der Waals surface area contributed by atoms with Crippen molar-refractivity contribution in [1.82, 2.24) is 5.32 Å². The zero-order chi connectivity index (χ0) is 22.3. The highest BCUT2D eigenvalue weighted by molar-refractivity contribution is 5.83. The summed E-state index contributed by atoms with van der Waals surface area (Å²) in [5.74, 6) is 3.74. The maximum absolute atomic E-state index is 14.0. The van der Waals surface area contributed by atoms with E-state index in [-0.39, 0.29) is 16.9 Å². The molecule has 0 aromatic heterocycles. The Hall–Kier alpha value is -1.51. The lowest BCUT2D eigenvalue weighted by Crippen LogP contribution is -2.60. The Morgan fingerprint density at radius 2 is 1.72 bits per heavy atom. The number of nitrogens with one attached hydrogen (secondary N) is 1. The number of phenols is 1. The highest BCUT2D eigenvalue weighted by Crippen LogP contribution is 2.62. The molecule has 0 heterocycles. The van der Waals surface area contributed by atoms with E-state index >= 15 is 0 Å². The maximum Gasteiger partial charge on any atom is 0.226 e. The van der Waals surface area contributed by atoms with Crippen LogP contribution in [0.2, 0.25) is 0 Å². The quantitative estimate of drug-likeness (QED) is 0.600. The second-order valence-electron chi connectivity index (χ2n) is 13.1. The van der Waals surface area contributed by atoms with Gasteiger partial charge in [-0.25, -0.2) is 0 Å². The number of rotatable bonds is 3. The monoisotopic (exact) mass is 435 g/mol. The summed E-state index contributed by atoms with van der Waals surface area (Å²) in [5, 5.41) is 13.9. The van der Waals surface area contributed by atoms with Crippen molar-refractivity contribution in [3.05, 3.63) is 29.3 Å². The Balaban J connectivity index is 1.26. The summed E-state index contributed by atoms with van der Waals surface area (Å²) in [7, 11) is 0. The average molecular weight is 436 g/mol. The van der Waals surface area contributed by atoms with Gasteiger partial charge in [-0.3, -0.25) is 4.79 Å². The van der Waals surface area contributed by atoms with Gasteiger partial charge in [0.05, 0.1) is 5.41 Å². The van der Waals surface area contributed by atoms with Gasteiger partial charge < -0.3 is 10.4 Å². The normalized spacial score (nSPS) is 45.1. The number of hydrogen-bond acceptors (Lipinski definition) is 2. The molecular weight excluding hydrogens is 394 g/mol. The van der Waals surface area contributed by atoms with Crippen LogP contribution in [-0.2, 0) is 16.6 Å². The first kappa shape index (κ1) is 21.1. The lowest BCUT2D eigenvalue weighted by molar-refractivity contribution is -0.143. The minimum absolute atomic E-state index is 0.0272. The molecule has 0 spiro atoms. The summed E-state index contributed by atoms with van der Waals surface area (Å²) >= 11 is 0. The fourth-order valence-corrected chi connectivity index (χ4v) is 9.94. The van der Waals surface area contributed by atoms with Crippen LogP contribution in [0.3, 0.4) is 0 Å². The average Bonchev–Trinajstić information content (AvgIpc) is 2.73. The molecule has 6 aliphatic rings. The highest BCUT2D eigenvalue weighted by Gasteiger charge is 2.57. The van der Waals surface area contributed by atoms with Crippen LogP contribution >= 0.6 is 0 Å². The number of aryl methyl sites for hydroxylation is 1. The van der Waals surface area contributed by atoms with E-state index in [0.29, 0.717) is 23.0 Å². The van der Waals surface area contributed by atoms with E-state index < -0.39 is 0 Å². The molecule has 1 unspecified atom stereocenters. The predicted octanol–water partition coefficient (Wildman–Crippen LogP) is 6.12. The minimum atomic E-state index is -0.327. The van der Waals surface area contributed by atoms with Gasteiger partial charge in [-0.1, -0.05) is 26.3 Å². The van der Waals surface area contributed by atoms with Crippen molar-refractivity contribution in [2.24, 2.45) is 34.5 Å². The summed E-state index contributed by atoms with van der Waals surface area (Å²) in [5.41, 5.74) is 2.66. The molecule has 4 bridgehead atoms. The molecule has 0 saturated heterocycles. The van der Waals surface area contributed by atoms with E-state index in [9.17, 15) is 9.90 Å². The van der Waals surface area contributed by atoms with E-state index in [1.807, 2.05) is 12.1 Å². The molecule has 2 N–H and O–H groups in total. The SMILES string of the molecule is CC(NC(=O)[C@]1(C)CCC[C@]2(C)c3cc(O)ccc3CC[C@@H]12)C12CC3CC(CC(C3)C1)C2. The number of phenolic OH excluding ortho intramolecular Hbond substituents is 1. The molecule has 5 fully saturated rings. The molecule has 3 heteroatoms. The van der Waals surface area contributed by atoms with Crippen molar-refractivity contribution in [3.8, 4) is 5.75 Å². The van der Waals surface area contributed by atoms with Crippen molar-refractivity contribution in [3.63, 3.8) is 0 Å². The summed E-state index contributed by atoms with van der Waals surface area (Å²) < 4.78 is 0. The van der Waals surface area contributed by atoms with Crippen LogP contribution < -0.4 is 5.32 Å². The van der Waals surface area contributed by atoms with Crippen LogP contribution in [0.15, 0.2) is 18.2 Å². The molecule has 174 valence electrons. The second kappa shape index (κ2) is 7.00. The fourth-order valence-electron chi connectivity index (χ4n) is 9.94. The van der Waals surface area contributed by atoms with Crippen LogP contribution in [0.5, 0.6) is 5.75 Å². The van der Waals surface area contributed by atoms with Crippen LogP contribution in [0.1, 0.15) is 96.1 Å². The minimum Gasteiger partial charge on any atom is -0.508 e. The molecule has 4 atom stereocenters. The van der Waals surface area contributed by atoms with Crippen molar-refractivity contribution in [2.45, 2.75) is 103 Å². The molecule has 0 radical (unpaired) electrons. The Bertz CT molecular complexity index is 902. The summed E-state index contributed by atoms with van der Waals surface area (Å²) in [6, 6.07) is 6.20. The van der Waals surface area contributed by atoms with Gasteiger partial charge in [-0.2, -0.15) is 0 Å². The van der Waals surface area contributed by atoms with Gasteiger partial charge in [0.1, 0.15) is 5.75 Å². The van der Waals surface area contributed by atoms with E-state index in [4.69, 9.17) is 0 Å². The van der Waals surface area contributed by atoms with E-state index in [0.717, 1.165) is 49.9 Å². The first-order chi connectivity index (χ1) is 15.2. The number of hydrogen-bond donors (Lipinski definition) is 2. The third-order valence-electron chi connectivity index (χ3n) is 11.2. The number of amides is 1. The van der Waals surface area contributed by atoms with Crippen LogP contribution in [0.25, 0.3) is 0 Å². The van der Waals surface area contributed by atoms with Crippen LogP contribution in [0, 0.1) is 34.5 Å². The first-order valence-electron chi connectivity index (χ1n) is 13.4. The van der Waals surface area contributed by atoms with Crippen LogP contribution in [0.4, 0.5) is 0 Å². The van der Waals surface area contributed by atoms with Gasteiger partial charge in [-0.15, -0.1) is 0 Å².